The lowest BCUT2D eigenvalue weighted by molar-refractivity contribution is -0.0256. The Balaban J connectivity index is 1.39. The smallest absolute Gasteiger partial charge is 0.0363 e. The van der Waals surface area contributed by atoms with Crippen LogP contribution in [0.5, 0.6) is 0 Å². The first-order chi connectivity index (χ1) is 11.1. The predicted molar refractivity (Wildman–Crippen MR) is 100 cm³/mol. The molecule has 0 heterocycles. The van der Waals surface area contributed by atoms with Gasteiger partial charge in [0.25, 0.3) is 0 Å². The van der Waals surface area contributed by atoms with Crippen molar-refractivity contribution in [1.82, 2.24) is 5.32 Å². The van der Waals surface area contributed by atoms with Gasteiger partial charge >= 0.3 is 0 Å². The molecule has 126 valence electrons. The maximum absolute atomic E-state index is 4.38. The van der Waals surface area contributed by atoms with Crippen molar-refractivity contribution >= 4 is 8.80 Å². The van der Waals surface area contributed by atoms with E-state index in [4.69, 9.17) is 0 Å². The normalized spacial score (nSPS) is 50.5. The summed E-state index contributed by atoms with van der Waals surface area (Å²) in [6.45, 7) is 5.27. The van der Waals surface area contributed by atoms with Crippen molar-refractivity contribution in [3.05, 3.63) is 23.8 Å². The molecule has 4 bridgehead atoms. The zero-order valence-electron chi connectivity index (χ0n) is 14.9. The van der Waals surface area contributed by atoms with Crippen LogP contribution in [0.15, 0.2) is 23.8 Å². The third kappa shape index (κ3) is 2.35. The Kier molecular flexibility index (Phi) is 3.46. The van der Waals surface area contributed by atoms with E-state index in [1.165, 1.54) is 32.1 Å². The van der Waals surface area contributed by atoms with Crippen LogP contribution in [-0.4, -0.2) is 20.4 Å². The van der Waals surface area contributed by atoms with E-state index in [9.17, 15) is 0 Å². The van der Waals surface area contributed by atoms with Crippen molar-refractivity contribution in [2.24, 2.45) is 23.7 Å². The molecule has 0 spiro atoms. The van der Waals surface area contributed by atoms with E-state index < -0.39 is 8.80 Å². The minimum Gasteiger partial charge on any atom is -0.308 e. The lowest BCUT2D eigenvalue weighted by Crippen LogP contribution is -2.65. The first kappa shape index (κ1) is 15.0. The van der Waals surface area contributed by atoms with E-state index in [1.54, 1.807) is 24.8 Å². The van der Waals surface area contributed by atoms with Gasteiger partial charge in [0.15, 0.2) is 0 Å². The lowest BCUT2D eigenvalue weighted by Gasteiger charge is -2.63. The maximum Gasteiger partial charge on any atom is 0.0363 e. The summed E-state index contributed by atoms with van der Waals surface area (Å²) in [5.74, 6) is 4.08. The Labute approximate surface area is 143 Å². The van der Waals surface area contributed by atoms with E-state index in [0.717, 1.165) is 35.3 Å². The molecule has 5 fully saturated rings. The molecule has 0 aromatic carbocycles. The summed E-state index contributed by atoms with van der Waals surface area (Å²) in [5.41, 5.74) is 3.37. The van der Waals surface area contributed by atoms with Crippen LogP contribution in [0.2, 0.25) is 18.6 Å². The molecule has 5 atom stereocenters. The Morgan fingerprint density at radius 3 is 2.57 bits per heavy atom. The summed E-state index contributed by atoms with van der Waals surface area (Å²) < 4.78 is 0. The minimum atomic E-state index is -0.592. The van der Waals surface area contributed by atoms with Gasteiger partial charge in [-0.3, -0.25) is 0 Å². The van der Waals surface area contributed by atoms with Gasteiger partial charge in [-0.25, -0.2) is 0 Å². The Bertz CT molecular complexity index is 534. The second kappa shape index (κ2) is 5.33. The van der Waals surface area contributed by atoms with Gasteiger partial charge in [0.1, 0.15) is 0 Å². The number of nitrogens with one attached hydrogen (secondary N) is 1. The fraction of sp³-hybridized carbons (Fsp3) is 0.810. The molecule has 23 heavy (non-hydrogen) atoms. The lowest BCUT2D eigenvalue weighted by atomic mass is 9.52. The van der Waals surface area contributed by atoms with Crippen molar-refractivity contribution in [3.63, 3.8) is 0 Å². The van der Waals surface area contributed by atoms with Gasteiger partial charge in [-0.05, 0) is 80.6 Å². The highest BCUT2D eigenvalue weighted by molar-refractivity contribution is 6.58. The summed E-state index contributed by atoms with van der Waals surface area (Å²) in [6.07, 6.45) is 18.9. The molecule has 0 aromatic heterocycles. The molecule has 0 amide bonds. The highest BCUT2D eigenvalue weighted by Crippen LogP contribution is 2.62. The molecule has 6 aliphatic carbocycles. The van der Waals surface area contributed by atoms with Crippen molar-refractivity contribution in [2.75, 3.05) is 0 Å². The van der Waals surface area contributed by atoms with Crippen LogP contribution in [-0.2, 0) is 0 Å². The zero-order valence-corrected chi connectivity index (χ0v) is 16.1. The second-order valence-corrected chi connectivity index (χ2v) is 13.1. The van der Waals surface area contributed by atoms with Crippen LogP contribution >= 0.6 is 0 Å². The largest absolute Gasteiger partial charge is 0.308 e. The first-order valence-electron chi connectivity index (χ1n) is 10.3. The van der Waals surface area contributed by atoms with Gasteiger partial charge in [0.05, 0.1) is 0 Å². The van der Waals surface area contributed by atoms with Crippen LogP contribution in [0.3, 0.4) is 0 Å². The van der Waals surface area contributed by atoms with E-state index in [1.807, 2.05) is 0 Å². The molecular formula is C21H33NSi. The summed E-state index contributed by atoms with van der Waals surface area (Å²) in [5, 5.41) is 4.38. The zero-order chi connectivity index (χ0) is 15.6. The molecular weight excluding hydrogens is 294 g/mol. The second-order valence-electron chi connectivity index (χ2n) is 9.92. The van der Waals surface area contributed by atoms with Gasteiger partial charge in [-0.1, -0.05) is 36.9 Å². The number of hydrogen-bond acceptors (Lipinski definition) is 1. The summed E-state index contributed by atoms with van der Waals surface area (Å²) in [7, 11) is -0.592. The van der Waals surface area contributed by atoms with Crippen molar-refractivity contribution in [2.45, 2.75) is 81.6 Å². The van der Waals surface area contributed by atoms with Crippen LogP contribution in [0.1, 0.15) is 51.4 Å². The molecule has 0 saturated heterocycles. The van der Waals surface area contributed by atoms with E-state index >= 15 is 0 Å². The van der Waals surface area contributed by atoms with Gasteiger partial charge in [-0.15, -0.1) is 0 Å². The Morgan fingerprint density at radius 2 is 1.87 bits per heavy atom. The third-order valence-electron chi connectivity index (χ3n) is 8.04. The van der Waals surface area contributed by atoms with Crippen LogP contribution in [0, 0.1) is 23.7 Å². The average molecular weight is 328 g/mol. The SMILES string of the molecule is C[SiH](C)C1C2CC3CC(C2)CC1(NC1CC2=CC=CCC2C1)C3. The first-order valence-corrected chi connectivity index (χ1v) is 13.2. The highest BCUT2D eigenvalue weighted by Gasteiger charge is 2.58. The molecule has 2 heteroatoms. The minimum absolute atomic E-state index is 0.557. The molecule has 6 rings (SSSR count). The van der Waals surface area contributed by atoms with Crippen molar-refractivity contribution < 1.29 is 0 Å². The van der Waals surface area contributed by atoms with E-state index in [2.05, 4.69) is 36.6 Å². The van der Waals surface area contributed by atoms with Crippen LogP contribution in [0.25, 0.3) is 0 Å². The van der Waals surface area contributed by atoms with E-state index in [-0.39, 0.29) is 0 Å². The van der Waals surface area contributed by atoms with Gasteiger partial charge in [-0.2, -0.15) is 0 Å². The molecule has 0 radical (unpaired) electrons. The summed E-state index contributed by atoms with van der Waals surface area (Å²) in [6, 6.07) is 0.776. The molecule has 6 aliphatic rings. The molecule has 0 aliphatic heterocycles. The number of hydrogen-bond donors (Lipinski definition) is 1. The number of rotatable bonds is 3. The highest BCUT2D eigenvalue weighted by atomic mass is 28.3. The summed E-state index contributed by atoms with van der Waals surface area (Å²) in [4.78, 5) is 0. The maximum atomic E-state index is 4.38. The third-order valence-corrected chi connectivity index (χ3v) is 10.7. The number of fused-ring (bicyclic) bond motifs is 1. The van der Waals surface area contributed by atoms with E-state index in [0.29, 0.717) is 5.54 Å². The Hall–Kier alpha value is -0.343. The fourth-order valence-electron chi connectivity index (χ4n) is 7.91. The van der Waals surface area contributed by atoms with Gasteiger partial charge < -0.3 is 5.32 Å². The number of allylic oxidation sites excluding steroid dienone is 3. The molecule has 1 N–H and O–H groups in total. The quantitative estimate of drug-likeness (QED) is 0.742. The predicted octanol–water partition coefficient (Wildman–Crippen LogP) is 4.68. The molecule has 1 nitrogen and oxygen atoms in total. The Morgan fingerprint density at radius 1 is 1.09 bits per heavy atom. The van der Waals surface area contributed by atoms with Crippen LogP contribution < -0.4 is 5.32 Å². The standard InChI is InChI=1S/C21H33NSi/c1-23(2)20-18-8-14-7-15(9-18)13-21(20,12-14)22-19-10-16-5-3-4-6-17(16)11-19/h3-5,14-15,17-20,22-23H,6-13H2,1-2H3. The monoisotopic (exact) mass is 327 g/mol. The average Bonchev–Trinajstić information content (AvgIpc) is 2.86. The van der Waals surface area contributed by atoms with Crippen LogP contribution in [0.4, 0.5) is 0 Å². The van der Waals surface area contributed by atoms with Crippen molar-refractivity contribution in [1.29, 1.82) is 0 Å². The van der Waals surface area contributed by atoms with Crippen molar-refractivity contribution in [3.8, 4) is 0 Å². The molecule has 5 unspecified atom stereocenters. The topological polar surface area (TPSA) is 12.0 Å². The fourth-order valence-corrected chi connectivity index (χ4v) is 11.0. The molecule has 0 aromatic rings. The van der Waals surface area contributed by atoms with Gasteiger partial charge in [0.2, 0.25) is 0 Å². The molecule has 5 saturated carbocycles. The summed E-state index contributed by atoms with van der Waals surface area (Å²) >= 11 is 0. The van der Waals surface area contributed by atoms with Gasteiger partial charge in [0, 0.05) is 20.4 Å².